The van der Waals surface area contributed by atoms with Gasteiger partial charge in [-0.1, -0.05) is 50.2 Å². The molecule has 2 heterocycles. The third kappa shape index (κ3) is 5.56. The Bertz CT molecular complexity index is 695. The standard InChI is InChI=1S/C22H32N4OS/c1-3-25(4-2)21(19-9-6-5-7-10-19)17-23-22(27)26-14-12-24(13-15-26)18-20-11-8-16-28-20/h5-11,16,21H,3-4,12-15,17-18H2,1-2H3,(H,23,27). The number of urea groups is 1. The van der Waals surface area contributed by atoms with Crippen molar-refractivity contribution in [3.63, 3.8) is 0 Å². The van der Waals surface area contributed by atoms with E-state index in [4.69, 9.17) is 0 Å². The van der Waals surface area contributed by atoms with E-state index in [-0.39, 0.29) is 12.1 Å². The fraction of sp³-hybridized carbons (Fsp3) is 0.500. The second-order valence-corrected chi connectivity index (χ2v) is 8.21. The summed E-state index contributed by atoms with van der Waals surface area (Å²) < 4.78 is 0. The minimum atomic E-state index is 0.0591. The van der Waals surface area contributed by atoms with Gasteiger partial charge in [-0.15, -0.1) is 11.3 Å². The Kier molecular flexibility index (Phi) is 7.89. The van der Waals surface area contributed by atoms with Crippen molar-refractivity contribution in [2.45, 2.75) is 26.4 Å². The number of nitrogens with zero attached hydrogens (tertiary/aromatic N) is 3. The summed E-state index contributed by atoms with van der Waals surface area (Å²) in [5.74, 6) is 0. The van der Waals surface area contributed by atoms with Crippen LogP contribution in [0.25, 0.3) is 0 Å². The summed E-state index contributed by atoms with van der Waals surface area (Å²) in [4.78, 5) is 20.9. The molecule has 1 aromatic carbocycles. The van der Waals surface area contributed by atoms with E-state index in [1.54, 1.807) is 11.3 Å². The molecule has 1 fully saturated rings. The number of carbonyl (C=O) groups is 1. The summed E-state index contributed by atoms with van der Waals surface area (Å²) in [6, 6.07) is 15.0. The van der Waals surface area contributed by atoms with E-state index in [1.807, 2.05) is 11.0 Å². The third-order valence-corrected chi connectivity index (χ3v) is 6.36. The number of thiophene rings is 1. The van der Waals surface area contributed by atoms with Gasteiger partial charge in [0.2, 0.25) is 0 Å². The zero-order valence-electron chi connectivity index (χ0n) is 17.0. The molecule has 0 aliphatic carbocycles. The molecule has 0 saturated carbocycles. The molecule has 28 heavy (non-hydrogen) atoms. The molecule has 0 bridgehead atoms. The fourth-order valence-electron chi connectivity index (χ4n) is 3.83. The van der Waals surface area contributed by atoms with E-state index in [9.17, 15) is 4.79 Å². The summed E-state index contributed by atoms with van der Waals surface area (Å²) >= 11 is 1.80. The predicted octanol–water partition coefficient (Wildman–Crippen LogP) is 3.66. The van der Waals surface area contributed by atoms with Crippen molar-refractivity contribution in [3.05, 3.63) is 58.3 Å². The summed E-state index contributed by atoms with van der Waals surface area (Å²) in [5.41, 5.74) is 1.26. The molecule has 1 N–H and O–H groups in total. The lowest BCUT2D eigenvalue weighted by Gasteiger charge is -2.35. The van der Waals surface area contributed by atoms with Crippen LogP contribution in [0.5, 0.6) is 0 Å². The highest BCUT2D eigenvalue weighted by molar-refractivity contribution is 7.09. The van der Waals surface area contributed by atoms with Gasteiger partial charge in [0.15, 0.2) is 0 Å². The van der Waals surface area contributed by atoms with Crippen molar-refractivity contribution >= 4 is 17.4 Å². The lowest BCUT2D eigenvalue weighted by Crippen LogP contribution is -2.52. The number of benzene rings is 1. The zero-order chi connectivity index (χ0) is 19.8. The highest BCUT2D eigenvalue weighted by Crippen LogP contribution is 2.20. The molecular formula is C22H32N4OS. The summed E-state index contributed by atoms with van der Waals surface area (Å²) in [6.07, 6.45) is 0. The molecule has 2 aromatic rings. The summed E-state index contributed by atoms with van der Waals surface area (Å²) in [5, 5.41) is 5.31. The van der Waals surface area contributed by atoms with Crippen LogP contribution >= 0.6 is 11.3 Å². The molecular weight excluding hydrogens is 368 g/mol. The van der Waals surface area contributed by atoms with Gasteiger partial charge >= 0.3 is 6.03 Å². The molecule has 1 saturated heterocycles. The number of hydrogen-bond donors (Lipinski definition) is 1. The molecule has 152 valence electrons. The van der Waals surface area contributed by atoms with Crippen molar-refractivity contribution in [1.29, 1.82) is 0 Å². The van der Waals surface area contributed by atoms with Crippen LogP contribution in [-0.2, 0) is 6.54 Å². The molecule has 5 nitrogen and oxygen atoms in total. The SMILES string of the molecule is CCN(CC)C(CNC(=O)N1CCN(Cc2cccs2)CC1)c1ccccc1. The van der Waals surface area contributed by atoms with Crippen LogP contribution < -0.4 is 5.32 Å². The Hall–Kier alpha value is -1.89. The number of rotatable bonds is 8. The van der Waals surface area contributed by atoms with Crippen LogP contribution in [0.2, 0.25) is 0 Å². The largest absolute Gasteiger partial charge is 0.336 e. The zero-order valence-corrected chi connectivity index (χ0v) is 17.8. The molecule has 1 unspecified atom stereocenters. The van der Waals surface area contributed by atoms with Crippen molar-refractivity contribution in [2.75, 3.05) is 45.8 Å². The van der Waals surface area contributed by atoms with Gasteiger partial charge in [0.25, 0.3) is 0 Å². The Morgan fingerprint density at radius 3 is 2.39 bits per heavy atom. The molecule has 6 heteroatoms. The van der Waals surface area contributed by atoms with Crippen LogP contribution in [-0.4, -0.2) is 66.5 Å². The van der Waals surface area contributed by atoms with Crippen molar-refractivity contribution in [3.8, 4) is 0 Å². The van der Waals surface area contributed by atoms with Gasteiger partial charge in [-0.25, -0.2) is 4.79 Å². The van der Waals surface area contributed by atoms with Gasteiger partial charge in [-0.05, 0) is 30.1 Å². The highest BCUT2D eigenvalue weighted by Gasteiger charge is 2.23. The maximum absolute atomic E-state index is 12.7. The van der Waals surface area contributed by atoms with Crippen LogP contribution in [0.1, 0.15) is 30.3 Å². The van der Waals surface area contributed by atoms with Crippen LogP contribution in [0.15, 0.2) is 47.8 Å². The number of amides is 2. The van der Waals surface area contributed by atoms with E-state index in [2.05, 4.69) is 70.7 Å². The molecule has 0 radical (unpaired) electrons. The first kappa shape index (κ1) is 20.8. The minimum absolute atomic E-state index is 0.0591. The van der Waals surface area contributed by atoms with Gasteiger partial charge in [0.1, 0.15) is 0 Å². The number of carbonyl (C=O) groups excluding carboxylic acids is 1. The topological polar surface area (TPSA) is 38.8 Å². The number of likely N-dealkylation sites (N-methyl/N-ethyl adjacent to an activating group) is 1. The summed E-state index contributed by atoms with van der Waals surface area (Å²) in [7, 11) is 0. The molecule has 1 aliphatic rings. The lowest BCUT2D eigenvalue weighted by molar-refractivity contribution is 0.132. The Labute approximate surface area is 172 Å². The van der Waals surface area contributed by atoms with Gasteiger partial charge in [0, 0.05) is 44.1 Å². The quantitative estimate of drug-likeness (QED) is 0.735. The Morgan fingerprint density at radius 1 is 1.07 bits per heavy atom. The molecule has 1 aromatic heterocycles. The van der Waals surface area contributed by atoms with Crippen LogP contribution in [0.4, 0.5) is 4.79 Å². The smallest absolute Gasteiger partial charge is 0.317 e. The first-order chi connectivity index (χ1) is 13.7. The van der Waals surface area contributed by atoms with Crippen molar-refractivity contribution < 1.29 is 4.79 Å². The maximum Gasteiger partial charge on any atom is 0.317 e. The normalized spacial score (nSPS) is 16.3. The average molecular weight is 401 g/mol. The van der Waals surface area contributed by atoms with E-state index >= 15 is 0 Å². The van der Waals surface area contributed by atoms with Gasteiger partial charge in [-0.3, -0.25) is 9.80 Å². The third-order valence-electron chi connectivity index (χ3n) is 5.50. The van der Waals surface area contributed by atoms with Crippen LogP contribution in [0, 0.1) is 0 Å². The molecule has 1 aliphatic heterocycles. The monoisotopic (exact) mass is 400 g/mol. The van der Waals surface area contributed by atoms with E-state index in [0.717, 1.165) is 45.8 Å². The van der Waals surface area contributed by atoms with E-state index < -0.39 is 0 Å². The first-order valence-electron chi connectivity index (χ1n) is 10.3. The summed E-state index contributed by atoms with van der Waals surface area (Å²) in [6.45, 7) is 11.4. The number of nitrogens with one attached hydrogen (secondary N) is 1. The van der Waals surface area contributed by atoms with Gasteiger partial charge < -0.3 is 10.2 Å². The Balaban J connectivity index is 1.50. The van der Waals surface area contributed by atoms with Gasteiger partial charge in [-0.2, -0.15) is 0 Å². The van der Waals surface area contributed by atoms with Crippen LogP contribution in [0.3, 0.4) is 0 Å². The second-order valence-electron chi connectivity index (χ2n) is 7.18. The average Bonchev–Trinajstić information content (AvgIpc) is 3.25. The second kappa shape index (κ2) is 10.6. The predicted molar refractivity (Wildman–Crippen MR) is 117 cm³/mol. The Morgan fingerprint density at radius 2 is 1.79 bits per heavy atom. The number of piperazine rings is 1. The molecule has 2 amide bonds. The van der Waals surface area contributed by atoms with Gasteiger partial charge in [0.05, 0.1) is 6.04 Å². The molecule has 3 rings (SSSR count). The van der Waals surface area contributed by atoms with E-state index in [0.29, 0.717) is 6.54 Å². The minimum Gasteiger partial charge on any atom is -0.336 e. The van der Waals surface area contributed by atoms with Crippen molar-refractivity contribution in [2.24, 2.45) is 0 Å². The lowest BCUT2D eigenvalue weighted by atomic mass is 10.1. The molecule has 0 spiro atoms. The maximum atomic E-state index is 12.7. The highest BCUT2D eigenvalue weighted by atomic mass is 32.1. The fourth-order valence-corrected chi connectivity index (χ4v) is 4.57. The first-order valence-corrected chi connectivity index (χ1v) is 11.2. The molecule has 1 atom stereocenters. The number of hydrogen-bond acceptors (Lipinski definition) is 4. The van der Waals surface area contributed by atoms with E-state index in [1.165, 1.54) is 10.4 Å². The van der Waals surface area contributed by atoms with Crippen molar-refractivity contribution in [1.82, 2.24) is 20.0 Å².